The van der Waals surface area contributed by atoms with Crippen molar-refractivity contribution >= 4 is 5.97 Å². The summed E-state index contributed by atoms with van der Waals surface area (Å²) in [5.74, 6) is 1.83. The molecule has 0 spiro atoms. The van der Waals surface area contributed by atoms with Crippen LogP contribution in [-0.4, -0.2) is 12.1 Å². The highest BCUT2D eigenvalue weighted by molar-refractivity contribution is 5.91. The minimum Gasteiger partial charge on any atom is -0.465 e. The van der Waals surface area contributed by atoms with E-state index in [1.807, 2.05) is 19.9 Å². The average molecular weight is 312 g/mol. The molecule has 0 saturated carbocycles. The lowest BCUT2D eigenvalue weighted by Crippen LogP contribution is -2.19. The van der Waals surface area contributed by atoms with Crippen LogP contribution in [0.5, 0.6) is 0 Å². The number of carbonyl (C=O) groups excluding carboxylic acids is 1. The van der Waals surface area contributed by atoms with E-state index in [0.29, 0.717) is 5.92 Å². The van der Waals surface area contributed by atoms with E-state index >= 15 is 0 Å². The smallest absolute Gasteiger partial charge is 0.334 e. The first-order valence-electron chi connectivity index (χ1n) is 8.18. The highest BCUT2D eigenvalue weighted by Crippen LogP contribution is 2.38. The van der Waals surface area contributed by atoms with Gasteiger partial charge in [-0.25, -0.2) is 4.79 Å². The summed E-state index contributed by atoms with van der Waals surface area (Å²) in [6, 6.07) is 2.06. The van der Waals surface area contributed by atoms with Crippen molar-refractivity contribution in [2.24, 2.45) is 5.92 Å². The number of aryl methyl sites for hydroxylation is 1. The minimum absolute atomic E-state index is 0.120. The Labute approximate surface area is 137 Å². The topological polar surface area (TPSA) is 39.4 Å². The van der Waals surface area contributed by atoms with Crippen molar-refractivity contribution in [1.82, 2.24) is 0 Å². The third kappa shape index (κ3) is 2.92. The van der Waals surface area contributed by atoms with Gasteiger partial charge in [-0.15, -0.1) is 0 Å². The van der Waals surface area contributed by atoms with Gasteiger partial charge in [-0.05, 0) is 57.2 Å². The van der Waals surface area contributed by atoms with E-state index in [1.54, 1.807) is 0 Å². The summed E-state index contributed by atoms with van der Waals surface area (Å²) in [5.41, 5.74) is 3.99. The van der Waals surface area contributed by atoms with E-state index < -0.39 is 0 Å². The second-order valence-electron chi connectivity index (χ2n) is 6.93. The van der Waals surface area contributed by atoms with Gasteiger partial charge in [0.15, 0.2) is 0 Å². The number of hydrogen-bond acceptors (Lipinski definition) is 3. The zero-order chi connectivity index (χ0) is 16.7. The van der Waals surface area contributed by atoms with E-state index in [1.165, 1.54) is 0 Å². The van der Waals surface area contributed by atoms with Crippen molar-refractivity contribution in [3.63, 3.8) is 0 Å². The van der Waals surface area contributed by atoms with Gasteiger partial charge >= 0.3 is 5.97 Å². The van der Waals surface area contributed by atoms with E-state index in [9.17, 15) is 4.79 Å². The summed E-state index contributed by atoms with van der Waals surface area (Å²) in [5, 5.41) is 0. The predicted molar refractivity (Wildman–Crippen MR) is 90.2 cm³/mol. The molecule has 0 fully saturated rings. The average Bonchev–Trinajstić information content (AvgIpc) is 2.96. The van der Waals surface area contributed by atoms with Crippen LogP contribution >= 0.6 is 0 Å². The Bertz CT molecular complexity index is 704. The van der Waals surface area contributed by atoms with Gasteiger partial charge in [-0.2, -0.15) is 0 Å². The second-order valence-corrected chi connectivity index (χ2v) is 6.93. The maximum absolute atomic E-state index is 12.2. The minimum atomic E-state index is -0.310. The van der Waals surface area contributed by atoms with Gasteiger partial charge in [-0.1, -0.05) is 24.3 Å². The predicted octanol–water partition coefficient (Wildman–Crippen LogP) is 4.63. The van der Waals surface area contributed by atoms with Gasteiger partial charge in [0.25, 0.3) is 0 Å². The Morgan fingerprint density at radius 3 is 2.65 bits per heavy atom. The van der Waals surface area contributed by atoms with E-state index in [0.717, 1.165) is 53.1 Å². The normalized spacial score (nSPS) is 27.0. The maximum Gasteiger partial charge on any atom is 0.334 e. The van der Waals surface area contributed by atoms with E-state index in [2.05, 4.69) is 26.1 Å². The van der Waals surface area contributed by atoms with Crippen molar-refractivity contribution in [3.8, 4) is 0 Å². The molecule has 0 aliphatic carbocycles. The zero-order valence-electron chi connectivity index (χ0n) is 14.1. The van der Waals surface area contributed by atoms with Crippen molar-refractivity contribution in [2.45, 2.75) is 52.1 Å². The highest BCUT2D eigenvalue weighted by atomic mass is 16.5. The van der Waals surface area contributed by atoms with Crippen LogP contribution in [0.2, 0.25) is 0 Å². The van der Waals surface area contributed by atoms with Crippen LogP contribution in [0.4, 0.5) is 0 Å². The first kappa shape index (κ1) is 15.9. The first-order chi connectivity index (χ1) is 10.9. The quantitative estimate of drug-likeness (QED) is 0.590. The lowest BCUT2D eigenvalue weighted by Gasteiger charge is -2.20. The molecule has 1 aromatic rings. The standard InChI is InChI=1S/C20H24O3/c1-11(2)14-6-7-15-10-18(23-20(15)21)19(12(3)4)17-8-13(5)16(9-14)22-17/h8,10,14,18-19H,1,3,6-7,9H2,2,4-5H3. The molecule has 2 aliphatic rings. The lowest BCUT2D eigenvalue weighted by atomic mass is 9.88. The third-order valence-corrected chi connectivity index (χ3v) is 4.97. The molecule has 3 heterocycles. The fourth-order valence-electron chi connectivity index (χ4n) is 3.51. The van der Waals surface area contributed by atoms with Gasteiger partial charge in [-0.3, -0.25) is 0 Å². The summed E-state index contributed by atoms with van der Waals surface area (Å²) < 4.78 is 11.8. The van der Waals surface area contributed by atoms with Crippen LogP contribution in [0, 0.1) is 12.8 Å². The van der Waals surface area contributed by atoms with Gasteiger partial charge < -0.3 is 9.15 Å². The molecular weight excluding hydrogens is 288 g/mol. The fraction of sp³-hybridized carbons (Fsp3) is 0.450. The lowest BCUT2D eigenvalue weighted by molar-refractivity contribution is -0.140. The molecule has 4 bridgehead atoms. The molecule has 3 atom stereocenters. The molecule has 23 heavy (non-hydrogen) atoms. The number of furan rings is 1. The number of fused-ring (bicyclic) bond motifs is 3. The van der Waals surface area contributed by atoms with Crippen LogP contribution in [0.3, 0.4) is 0 Å². The molecule has 122 valence electrons. The molecule has 0 aromatic carbocycles. The molecule has 3 unspecified atom stereocenters. The van der Waals surface area contributed by atoms with Gasteiger partial charge in [0.1, 0.15) is 17.6 Å². The van der Waals surface area contributed by atoms with Crippen molar-refractivity contribution in [3.05, 3.63) is 59.1 Å². The Balaban J connectivity index is 2.08. The molecule has 0 saturated heterocycles. The van der Waals surface area contributed by atoms with Crippen LogP contribution in [0.25, 0.3) is 0 Å². The first-order valence-corrected chi connectivity index (χ1v) is 8.18. The molecule has 2 aliphatic heterocycles. The number of hydrogen-bond donors (Lipinski definition) is 0. The monoisotopic (exact) mass is 312 g/mol. The molecule has 3 nitrogen and oxygen atoms in total. The summed E-state index contributed by atoms with van der Waals surface area (Å²) in [7, 11) is 0. The molecule has 3 rings (SSSR count). The van der Waals surface area contributed by atoms with E-state index in [-0.39, 0.29) is 18.0 Å². The van der Waals surface area contributed by atoms with Gasteiger partial charge in [0.2, 0.25) is 0 Å². The Morgan fingerprint density at radius 2 is 2.00 bits per heavy atom. The molecule has 1 aromatic heterocycles. The molecule has 0 amide bonds. The molecule has 0 radical (unpaired) electrons. The molecule has 0 N–H and O–H groups in total. The van der Waals surface area contributed by atoms with Crippen molar-refractivity contribution in [1.29, 1.82) is 0 Å². The number of ether oxygens (including phenoxy) is 1. The Morgan fingerprint density at radius 1 is 1.26 bits per heavy atom. The van der Waals surface area contributed by atoms with Crippen molar-refractivity contribution < 1.29 is 13.9 Å². The largest absolute Gasteiger partial charge is 0.465 e. The summed E-state index contributed by atoms with van der Waals surface area (Å²) >= 11 is 0. The van der Waals surface area contributed by atoms with Crippen LogP contribution in [-0.2, 0) is 16.0 Å². The Kier molecular flexibility index (Phi) is 4.05. The number of esters is 1. The van der Waals surface area contributed by atoms with Crippen molar-refractivity contribution in [2.75, 3.05) is 0 Å². The SMILES string of the molecule is C=C(C)C1CCC2=CC(OC2=O)C(C(=C)C)c2cc(C)c(o2)C1. The highest BCUT2D eigenvalue weighted by Gasteiger charge is 2.36. The Hall–Kier alpha value is -2.03. The number of carbonyl (C=O) groups is 1. The second kappa shape index (κ2) is 5.88. The fourth-order valence-corrected chi connectivity index (χ4v) is 3.51. The summed E-state index contributed by atoms with van der Waals surface area (Å²) in [6.07, 6.45) is 4.09. The number of rotatable bonds is 2. The summed E-state index contributed by atoms with van der Waals surface area (Å²) in [6.45, 7) is 14.3. The number of allylic oxidation sites excluding steroid dienone is 1. The summed E-state index contributed by atoms with van der Waals surface area (Å²) in [4.78, 5) is 12.2. The van der Waals surface area contributed by atoms with Gasteiger partial charge in [0, 0.05) is 12.0 Å². The third-order valence-electron chi connectivity index (χ3n) is 4.97. The van der Waals surface area contributed by atoms with Crippen LogP contribution < -0.4 is 0 Å². The molecular formula is C20H24O3. The zero-order valence-corrected chi connectivity index (χ0v) is 14.1. The molecule has 3 heteroatoms. The van der Waals surface area contributed by atoms with E-state index in [4.69, 9.17) is 9.15 Å². The maximum atomic E-state index is 12.2. The van der Waals surface area contributed by atoms with Crippen LogP contribution in [0.1, 0.15) is 49.7 Å². The van der Waals surface area contributed by atoms with Crippen LogP contribution in [0.15, 0.2) is 46.4 Å². The van der Waals surface area contributed by atoms with Gasteiger partial charge in [0.05, 0.1) is 5.92 Å².